The van der Waals surface area contributed by atoms with Crippen LogP contribution < -0.4 is 10.5 Å². The van der Waals surface area contributed by atoms with E-state index in [2.05, 4.69) is 13.8 Å². The van der Waals surface area contributed by atoms with Gasteiger partial charge in [0, 0.05) is 0 Å². The molecule has 1 rings (SSSR count). The van der Waals surface area contributed by atoms with Gasteiger partial charge >= 0.3 is 0 Å². The van der Waals surface area contributed by atoms with Crippen LogP contribution >= 0.6 is 23.8 Å². The van der Waals surface area contributed by atoms with Gasteiger partial charge in [-0.1, -0.05) is 56.6 Å². The van der Waals surface area contributed by atoms with Crippen LogP contribution in [0.25, 0.3) is 0 Å². The number of nitrogens with two attached hydrogens (primary N) is 1. The summed E-state index contributed by atoms with van der Waals surface area (Å²) in [6.45, 7) is 4.98. The highest BCUT2D eigenvalue weighted by atomic mass is 35.5. The van der Waals surface area contributed by atoms with Crippen molar-refractivity contribution in [3.8, 4) is 5.75 Å². The molecule has 0 fully saturated rings. The van der Waals surface area contributed by atoms with E-state index in [9.17, 15) is 0 Å². The van der Waals surface area contributed by atoms with Crippen LogP contribution in [0, 0.1) is 5.92 Å². The summed E-state index contributed by atoms with van der Waals surface area (Å²) >= 11 is 11.0. The van der Waals surface area contributed by atoms with E-state index in [-0.39, 0.29) is 4.99 Å². The summed E-state index contributed by atoms with van der Waals surface area (Å²) in [7, 11) is 0. The molecule has 0 amide bonds. The molecule has 1 aromatic rings. The second-order valence-electron chi connectivity index (χ2n) is 3.97. The van der Waals surface area contributed by atoms with Gasteiger partial charge in [-0.05, 0) is 18.1 Å². The van der Waals surface area contributed by atoms with Crippen molar-refractivity contribution in [1.82, 2.24) is 0 Å². The number of halogens is 1. The highest BCUT2D eigenvalue weighted by Gasteiger charge is 2.12. The SMILES string of the molecule is CCC(CC)COc1cccc(Cl)c1C(N)=S. The standard InChI is InChI=1S/C13H18ClNOS/c1-3-9(4-2)8-16-11-7-5-6-10(14)12(11)13(15)17/h5-7,9H,3-4,8H2,1-2H3,(H2,15,17). The van der Waals surface area contributed by atoms with Gasteiger partial charge in [0.25, 0.3) is 0 Å². The lowest BCUT2D eigenvalue weighted by Gasteiger charge is -2.16. The number of rotatable bonds is 6. The van der Waals surface area contributed by atoms with E-state index in [1.807, 2.05) is 12.1 Å². The first-order valence-corrected chi connectivity index (χ1v) is 6.59. The Bertz CT molecular complexity index is 391. The molecule has 4 heteroatoms. The summed E-state index contributed by atoms with van der Waals surface area (Å²) in [5.41, 5.74) is 6.29. The normalized spacial score (nSPS) is 10.6. The molecule has 0 bridgehead atoms. The zero-order valence-corrected chi connectivity index (χ0v) is 11.8. The lowest BCUT2D eigenvalue weighted by atomic mass is 10.1. The molecule has 0 heterocycles. The summed E-state index contributed by atoms with van der Waals surface area (Å²) in [6, 6.07) is 5.45. The molecule has 0 saturated heterocycles. The zero-order valence-electron chi connectivity index (χ0n) is 10.2. The molecule has 0 aromatic heterocycles. The number of thiocarbonyl (C=S) groups is 1. The monoisotopic (exact) mass is 271 g/mol. The predicted octanol–water partition coefficient (Wildman–Crippen LogP) is 3.79. The third-order valence-corrected chi connectivity index (χ3v) is 3.37. The van der Waals surface area contributed by atoms with Crippen molar-refractivity contribution in [2.75, 3.05) is 6.61 Å². The second kappa shape index (κ2) is 6.82. The molecule has 0 radical (unpaired) electrons. The lowest BCUT2D eigenvalue weighted by Crippen LogP contribution is -2.15. The maximum atomic E-state index is 6.06. The second-order valence-corrected chi connectivity index (χ2v) is 4.82. The molecule has 1 aromatic carbocycles. The Morgan fingerprint density at radius 3 is 2.59 bits per heavy atom. The average Bonchev–Trinajstić information content (AvgIpc) is 2.29. The summed E-state index contributed by atoms with van der Waals surface area (Å²) < 4.78 is 5.77. The third-order valence-electron chi connectivity index (χ3n) is 2.85. The molecule has 17 heavy (non-hydrogen) atoms. The van der Waals surface area contributed by atoms with Crippen LogP contribution in [-0.2, 0) is 0 Å². The first-order valence-electron chi connectivity index (χ1n) is 5.81. The Labute approximate surface area is 113 Å². The molecule has 0 unspecified atom stereocenters. The van der Waals surface area contributed by atoms with Gasteiger partial charge in [-0.3, -0.25) is 0 Å². The average molecular weight is 272 g/mol. The molecular weight excluding hydrogens is 254 g/mol. The Balaban J connectivity index is 2.84. The van der Waals surface area contributed by atoms with Gasteiger partial charge in [0.15, 0.2) is 0 Å². The number of hydrogen-bond donors (Lipinski definition) is 1. The molecule has 0 atom stereocenters. The van der Waals surface area contributed by atoms with Crippen LogP contribution in [0.2, 0.25) is 5.02 Å². The van der Waals surface area contributed by atoms with Crippen LogP contribution in [0.15, 0.2) is 18.2 Å². The number of benzene rings is 1. The molecule has 94 valence electrons. The highest BCUT2D eigenvalue weighted by Crippen LogP contribution is 2.27. The van der Waals surface area contributed by atoms with Crippen LogP contribution in [0.1, 0.15) is 32.3 Å². The maximum absolute atomic E-state index is 6.06. The number of hydrogen-bond acceptors (Lipinski definition) is 2. The van der Waals surface area contributed by atoms with Crippen molar-refractivity contribution >= 4 is 28.8 Å². The first-order chi connectivity index (χ1) is 8.10. The van der Waals surface area contributed by atoms with Crippen molar-refractivity contribution in [3.05, 3.63) is 28.8 Å². The molecule has 0 aliphatic rings. The fourth-order valence-corrected chi connectivity index (χ4v) is 2.13. The fourth-order valence-electron chi connectivity index (χ4n) is 1.60. The minimum absolute atomic E-state index is 0.273. The molecule has 0 aliphatic heterocycles. The van der Waals surface area contributed by atoms with Gasteiger partial charge in [0.1, 0.15) is 10.7 Å². The molecular formula is C13H18ClNOS. The third kappa shape index (κ3) is 3.86. The van der Waals surface area contributed by atoms with Gasteiger partial charge in [-0.25, -0.2) is 0 Å². The van der Waals surface area contributed by atoms with E-state index in [1.165, 1.54) is 0 Å². The van der Waals surface area contributed by atoms with Gasteiger partial charge in [-0.2, -0.15) is 0 Å². The van der Waals surface area contributed by atoms with Crippen LogP contribution in [0.3, 0.4) is 0 Å². The quantitative estimate of drug-likeness (QED) is 0.800. The molecule has 0 aliphatic carbocycles. The van der Waals surface area contributed by atoms with E-state index in [1.54, 1.807) is 6.07 Å². The van der Waals surface area contributed by atoms with Crippen molar-refractivity contribution in [1.29, 1.82) is 0 Å². The van der Waals surface area contributed by atoms with Gasteiger partial charge in [0.05, 0.1) is 17.2 Å². The highest BCUT2D eigenvalue weighted by molar-refractivity contribution is 7.80. The Morgan fingerprint density at radius 1 is 1.41 bits per heavy atom. The van der Waals surface area contributed by atoms with E-state index < -0.39 is 0 Å². The van der Waals surface area contributed by atoms with Crippen LogP contribution in [0.4, 0.5) is 0 Å². The van der Waals surface area contributed by atoms with Crippen molar-refractivity contribution in [2.45, 2.75) is 26.7 Å². The Kier molecular flexibility index (Phi) is 5.72. The summed E-state index contributed by atoms with van der Waals surface area (Å²) in [5.74, 6) is 1.23. The zero-order chi connectivity index (χ0) is 12.8. The summed E-state index contributed by atoms with van der Waals surface area (Å²) in [6.07, 6.45) is 2.19. The topological polar surface area (TPSA) is 35.2 Å². The first kappa shape index (κ1) is 14.3. The van der Waals surface area contributed by atoms with Crippen molar-refractivity contribution in [2.24, 2.45) is 11.7 Å². The van der Waals surface area contributed by atoms with E-state index >= 15 is 0 Å². The van der Waals surface area contributed by atoms with Crippen molar-refractivity contribution in [3.63, 3.8) is 0 Å². The van der Waals surface area contributed by atoms with E-state index in [0.717, 1.165) is 12.8 Å². The number of ether oxygens (including phenoxy) is 1. The fraction of sp³-hybridized carbons (Fsp3) is 0.462. The van der Waals surface area contributed by atoms with Gasteiger partial charge in [0.2, 0.25) is 0 Å². The van der Waals surface area contributed by atoms with Gasteiger partial charge < -0.3 is 10.5 Å². The molecule has 0 saturated carbocycles. The minimum Gasteiger partial charge on any atom is -0.493 e. The van der Waals surface area contributed by atoms with E-state index in [0.29, 0.717) is 28.9 Å². The molecule has 2 N–H and O–H groups in total. The van der Waals surface area contributed by atoms with Gasteiger partial charge in [-0.15, -0.1) is 0 Å². The van der Waals surface area contributed by atoms with Crippen LogP contribution in [-0.4, -0.2) is 11.6 Å². The summed E-state index contributed by atoms with van der Waals surface area (Å²) in [5, 5.41) is 0.541. The molecule has 2 nitrogen and oxygen atoms in total. The smallest absolute Gasteiger partial charge is 0.130 e. The minimum atomic E-state index is 0.273. The van der Waals surface area contributed by atoms with E-state index in [4.69, 9.17) is 34.3 Å². The maximum Gasteiger partial charge on any atom is 0.130 e. The largest absolute Gasteiger partial charge is 0.493 e. The summed E-state index contributed by atoms with van der Waals surface area (Å²) in [4.78, 5) is 0.273. The Morgan fingerprint density at radius 2 is 2.06 bits per heavy atom. The Hall–Kier alpha value is -0.800. The molecule has 0 spiro atoms. The lowest BCUT2D eigenvalue weighted by molar-refractivity contribution is 0.240. The van der Waals surface area contributed by atoms with Crippen molar-refractivity contribution < 1.29 is 4.74 Å². The van der Waals surface area contributed by atoms with Crippen LogP contribution in [0.5, 0.6) is 5.75 Å². The predicted molar refractivity (Wildman–Crippen MR) is 76.9 cm³/mol.